The molecule has 0 bridgehead atoms. The summed E-state index contributed by atoms with van der Waals surface area (Å²) in [7, 11) is 0. The average molecular weight is 432 g/mol. The third-order valence-corrected chi connectivity index (χ3v) is 5.45. The Kier molecular flexibility index (Phi) is 5.78. The number of rotatable bonds is 5. The van der Waals surface area contributed by atoms with Crippen molar-refractivity contribution in [2.45, 2.75) is 45.8 Å². The maximum atomic E-state index is 14.8. The molecule has 0 aliphatic carbocycles. The number of hydrogen-bond donors (Lipinski definition) is 1. The number of oxime groups is 1. The van der Waals surface area contributed by atoms with Crippen LogP contribution in [0.2, 0.25) is 0 Å². The molecule has 32 heavy (non-hydrogen) atoms. The highest BCUT2D eigenvalue weighted by atomic mass is 19.1. The number of amides is 1. The summed E-state index contributed by atoms with van der Waals surface area (Å²) >= 11 is 0. The molecule has 1 N–H and O–H groups in total. The van der Waals surface area contributed by atoms with Crippen LogP contribution in [0.3, 0.4) is 0 Å². The Bertz CT molecular complexity index is 1190. The van der Waals surface area contributed by atoms with E-state index in [0.29, 0.717) is 28.8 Å². The van der Waals surface area contributed by atoms with Crippen molar-refractivity contribution in [3.8, 4) is 11.1 Å². The highest BCUT2D eigenvalue weighted by Gasteiger charge is 2.38. The molecule has 2 aromatic carbocycles. The van der Waals surface area contributed by atoms with E-state index in [0.717, 1.165) is 16.8 Å². The van der Waals surface area contributed by atoms with Gasteiger partial charge in [-0.05, 0) is 75.2 Å². The number of carbonyl (C=O) groups is 1. The first-order valence-electron chi connectivity index (χ1n) is 10.6. The Balaban J connectivity index is 1.75. The molecule has 1 unspecified atom stereocenters. The van der Waals surface area contributed by atoms with Crippen LogP contribution in [0.1, 0.15) is 54.4 Å². The normalized spacial score (nSPS) is 17.8. The molecule has 2 heterocycles. The second-order valence-electron chi connectivity index (χ2n) is 8.66. The van der Waals surface area contributed by atoms with E-state index >= 15 is 0 Å². The molecule has 1 amide bonds. The fourth-order valence-corrected chi connectivity index (χ4v) is 3.79. The van der Waals surface area contributed by atoms with Crippen molar-refractivity contribution in [1.82, 2.24) is 10.3 Å². The first-order chi connectivity index (χ1) is 15.2. The van der Waals surface area contributed by atoms with Crippen LogP contribution in [-0.4, -0.2) is 22.6 Å². The second kappa shape index (κ2) is 8.54. The van der Waals surface area contributed by atoms with E-state index in [1.807, 2.05) is 58.0 Å². The molecule has 0 radical (unpaired) electrons. The summed E-state index contributed by atoms with van der Waals surface area (Å²) in [6.07, 6.45) is 2.20. The summed E-state index contributed by atoms with van der Waals surface area (Å²) < 4.78 is 14.8. The van der Waals surface area contributed by atoms with Crippen molar-refractivity contribution in [3.63, 3.8) is 0 Å². The van der Waals surface area contributed by atoms with Gasteiger partial charge >= 0.3 is 0 Å². The van der Waals surface area contributed by atoms with Gasteiger partial charge in [0, 0.05) is 35.3 Å². The second-order valence-corrected chi connectivity index (χ2v) is 8.66. The zero-order valence-corrected chi connectivity index (χ0v) is 18.6. The lowest BCUT2D eigenvalue weighted by molar-refractivity contribution is -0.0108. The van der Waals surface area contributed by atoms with E-state index in [1.165, 1.54) is 6.07 Å². The minimum atomic E-state index is -0.706. The van der Waals surface area contributed by atoms with Crippen molar-refractivity contribution in [3.05, 3.63) is 89.0 Å². The van der Waals surface area contributed by atoms with Crippen molar-refractivity contribution in [2.24, 2.45) is 5.16 Å². The lowest BCUT2D eigenvalue weighted by atomic mass is 9.90. The van der Waals surface area contributed by atoms with Crippen LogP contribution in [0, 0.1) is 12.7 Å². The standard InChI is InChI=1S/C26H26FN3O2/c1-16(2)29-25(31)20-13-18(21-9-8-17(3)11-22(21)27)12-19(14-20)23-15-26(4,32-30-23)24-7-5-6-10-28-24/h5-14,16H,15H2,1-4H3,(H,29,31). The van der Waals surface area contributed by atoms with Crippen LogP contribution < -0.4 is 5.32 Å². The number of nitrogens with one attached hydrogen (secondary N) is 1. The number of pyridine rings is 1. The number of aromatic nitrogens is 1. The summed E-state index contributed by atoms with van der Waals surface area (Å²) in [5, 5.41) is 7.23. The molecule has 0 saturated carbocycles. The van der Waals surface area contributed by atoms with Crippen LogP contribution in [0.5, 0.6) is 0 Å². The first-order valence-corrected chi connectivity index (χ1v) is 10.6. The molecule has 5 nitrogen and oxygen atoms in total. The zero-order valence-electron chi connectivity index (χ0n) is 18.6. The fourth-order valence-electron chi connectivity index (χ4n) is 3.79. The Morgan fingerprint density at radius 1 is 1.12 bits per heavy atom. The molecule has 1 aliphatic rings. The van der Waals surface area contributed by atoms with Crippen LogP contribution in [-0.2, 0) is 10.4 Å². The van der Waals surface area contributed by atoms with Crippen LogP contribution in [0.25, 0.3) is 11.1 Å². The molecule has 0 saturated heterocycles. The van der Waals surface area contributed by atoms with Gasteiger partial charge in [-0.3, -0.25) is 9.78 Å². The smallest absolute Gasteiger partial charge is 0.251 e. The molecule has 1 aliphatic heterocycles. The third-order valence-electron chi connectivity index (χ3n) is 5.45. The van der Waals surface area contributed by atoms with Crippen molar-refractivity contribution >= 4 is 11.6 Å². The Morgan fingerprint density at radius 2 is 1.91 bits per heavy atom. The first kappa shape index (κ1) is 21.7. The predicted molar refractivity (Wildman–Crippen MR) is 123 cm³/mol. The van der Waals surface area contributed by atoms with Crippen molar-refractivity contribution < 1.29 is 14.0 Å². The fraction of sp³-hybridized carbons (Fsp3) is 0.269. The van der Waals surface area contributed by atoms with Gasteiger partial charge in [0.05, 0.1) is 11.4 Å². The molecule has 4 rings (SSSR count). The molecule has 1 aromatic heterocycles. The van der Waals surface area contributed by atoms with Gasteiger partial charge in [0.1, 0.15) is 5.82 Å². The number of hydrogen-bond acceptors (Lipinski definition) is 4. The summed E-state index contributed by atoms with van der Waals surface area (Å²) in [5.74, 6) is -0.553. The zero-order chi connectivity index (χ0) is 22.9. The largest absolute Gasteiger partial charge is 0.382 e. The Labute approximate surface area is 187 Å². The Hall–Kier alpha value is -3.54. The third kappa shape index (κ3) is 4.40. The lowest BCUT2D eigenvalue weighted by Gasteiger charge is -2.20. The molecule has 164 valence electrons. The maximum Gasteiger partial charge on any atom is 0.251 e. The number of halogens is 1. The number of nitrogens with zero attached hydrogens (tertiary/aromatic N) is 2. The minimum absolute atomic E-state index is 0.0229. The van der Waals surface area contributed by atoms with Gasteiger partial charge in [0.15, 0.2) is 5.60 Å². The quantitative estimate of drug-likeness (QED) is 0.590. The maximum absolute atomic E-state index is 14.8. The molecule has 0 spiro atoms. The number of carbonyl (C=O) groups excluding carboxylic acids is 1. The van der Waals surface area contributed by atoms with Gasteiger partial charge in [-0.25, -0.2) is 4.39 Å². The predicted octanol–water partition coefficient (Wildman–Crippen LogP) is 5.37. The van der Waals surface area contributed by atoms with Crippen LogP contribution >= 0.6 is 0 Å². The summed E-state index contributed by atoms with van der Waals surface area (Å²) in [5.41, 5.74) is 3.80. The minimum Gasteiger partial charge on any atom is -0.382 e. The number of benzene rings is 2. The summed E-state index contributed by atoms with van der Waals surface area (Å²) in [6, 6.07) is 16.1. The molecule has 3 aromatic rings. The van der Waals surface area contributed by atoms with E-state index in [2.05, 4.69) is 15.5 Å². The highest BCUT2D eigenvalue weighted by Crippen LogP contribution is 2.36. The molecular formula is C26H26FN3O2. The van der Waals surface area contributed by atoms with Gasteiger partial charge in [0.2, 0.25) is 0 Å². The highest BCUT2D eigenvalue weighted by molar-refractivity contribution is 6.05. The van der Waals surface area contributed by atoms with Crippen LogP contribution in [0.15, 0.2) is 65.9 Å². The van der Waals surface area contributed by atoms with Crippen LogP contribution in [0.4, 0.5) is 4.39 Å². The Morgan fingerprint density at radius 3 is 2.59 bits per heavy atom. The molecule has 6 heteroatoms. The van der Waals surface area contributed by atoms with Gasteiger partial charge < -0.3 is 10.2 Å². The van der Waals surface area contributed by atoms with Gasteiger partial charge in [-0.1, -0.05) is 23.4 Å². The van der Waals surface area contributed by atoms with E-state index in [1.54, 1.807) is 24.4 Å². The van der Waals surface area contributed by atoms with Gasteiger partial charge in [-0.2, -0.15) is 0 Å². The van der Waals surface area contributed by atoms with E-state index in [9.17, 15) is 9.18 Å². The molecule has 1 atom stereocenters. The topological polar surface area (TPSA) is 63.6 Å². The van der Waals surface area contributed by atoms with E-state index in [4.69, 9.17) is 4.84 Å². The van der Waals surface area contributed by atoms with Crippen molar-refractivity contribution in [2.75, 3.05) is 0 Å². The molecular weight excluding hydrogens is 405 g/mol. The SMILES string of the molecule is Cc1ccc(-c2cc(C(=O)NC(C)C)cc(C3=NOC(C)(c4ccccn4)C3)c2)c(F)c1. The summed E-state index contributed by atoms with van der Waals surface area (Å²) in [4.78, 5) is 23.0. The van der Waals surface area contributed by atoms with Gasteiger partial charge in [-0.15, -0.1) is 0 Å². The van der Waals surface area contributed by atoms with E-state index in [-0.39, 0.29) is 17.8 Å². The van der Waals surface area contributed by atoms with Gasteiger partial charge in [0.25, 0.3) is 5.91 Å². The summed E-state index contributed by atoms with van der Waals surface area (Å²) in [6.45, 7) is 7.57. The average Bonchev–Trinajstić information content (AvgIpc) is 3.17. The number of aryl methyl sites for hydroxylation is 1. The molecule has 0 fully saturated rings. The lowest BCUT2D eigenvalue weighted by Crippen LogP contribution is -2.30. The van der Waals surface area contributed by atoms with E-state index < -0.39 is 5.60 Å². The van der Waals surface area contributed by atoms with Crippen molar-refractivity contribution in [1.29, 1.82) is 0 Å². The monoisotopic (exact) mass is 431 g/mol.